The molecule has 0 unspecified atom stereocenters. The second kappa shape index (κ2) is 6.64. The van der Waals surface area contributed by atoms with Crippen LogP contribution in [0.15, 0.2) is 36.4 Å². The Morgan fingerprint density at radius 2 is 1.95 bits per heavy atom. The molecular formula is C17H18ClNO2. The minimum atomic E-state index is -0.520. The zero-order valence-electron chi connectivity index (χ0n) is 12.4. The van der Waals surface area contributed by atoms with Gasteiger partial charge < -0.3 is 4.74 Å². The van der Waals surface area contributed by atoms with Crippen molar-refractivity contribution in [2.75, 3.05) is 5.32 Å². The molecule has 0 aromatic heterocycles. The van der Waals surface area contributed by atoms with Gasteiger partial charge in [-0.1, -0.05) is 30.7 Å². The fourth-order valence-electron chi connectivity index (χ4n) is 2.06. The summed E-state index contributed by atoms with van der Waals surface area (Å²) in [5, 5.41) is 3.28. The van der Waals surface area contributed by atoms with E-state index < -0.39 is 6.09 Å². The fraction of sp³-hybridized carbons (Fsp3) is 0.235. The first-order valence-electron chi connectivity index (χ1n) is 6.83. The van der Waals surface area contributed by atoms with Crippen molar-refractivity contribution in [1.29, 1.82) is 0 Å². The maximum Gasteiger partial charge on any atom is 0.417 e. The Morgan fingerprint density at radius 1 is 1.19 bits per heavy atom. The van der Waals surface area contributed by atoms with E-state index in [2.05, 4.69) is 18.3 Å². The van der Waals surface area contributed by atoms with Crippen LogP contribution in [0.25, 0.3) is 0 Å². The number of nitrogens with one attached hydrogen (secondary N) is 1. The summed E-state index contributed by atoms with van der Waals surface area (Å²) in [4.78, 5) is 12.0. The van der Waals surface area contributed by atoms with Crippen LogP contribution in [0.4, 0.5) is 10.5 Å². The highest BCUT2D eigenvalue weighted by molar-refractivity contribution is 6.31. The van der Waals surface area contributed by atoms with Gasteiger partial charge in [0.05, 0.1) is 0 Å². The van der Waals surface area contributed by atoms with Gasteiger partial charge in [-0.05, 0) is 61.2 Å². The molecule has 0 saturated heterocycles. The molecule has 110 valence electrons. The standard InChI is InChI=1S/C17H18ClNO2/c1-4-13-7-11(2)8-15(9-13)21-17(20)19-16-10-14(18)6-5-12(16)3/h5-10H,4H2,1-3H3,(H,19,20). The lowest BCUT2D eigenvalue weighted by Gasteiger charge is -2.10. The summed E-state index contributed by atoms with van der Waals surface area (Å²) in [5.41, 5.74) is 3.78. The normalized spacial score (nSPS) is 10.3. The predicted molar refractivity (Wildman–Crippen MR) is 86.4 cm³/mol. The molecule has 0 aliphatic rings. The molecule has 1 N–H and O–H groups in total. The smallest absolute Gasteiger partial charge is 0.410 e. The number of rotatable bonds is 3. The topological polar surface area (TPSA) is 38.3 Å². The van der Waals surface area contributed by atoms with Crippen molar-refractivity contribution in [3.63, 3.8) is 0 Å². The summed E-state index contributed by atoms with van der Waals surface area (Å²) in [5.74, 6) is 0.545. The van der Waals surface area contributed by atoms with E-state index in [1.165, 1.54) is 0 Å². The van der Waals surface area contributed by atoms with Gasteiger partial charge in [0, 0.05) is 10.7 Å². The largest absolute Gasteiger partial charge is 0.417 e. The minimum Gasteiger partial charge on any atom is -0.410 e. The van der Waals surface area contributed by atoms with Gasteiger partial charge in [-0.25, -0.2) is 4.79 Å². The molecule has 0 saturated carbocycles. The van der Waals surface area contributed by atoms with Gasteiger partial charge in [0.2, 0.25) is 0 Å². The quantitative estimate of drug-likeness (QED) is 0.853. The van der Waals surface area contributed by atoms with E-state index in [1.54, 1.807) is 12.1 Å². The summed E-state index contributed by atoms with van der Waals surface area (Å²) < 4.78 is 5.34. The molecule has 1 amide bonds. The maximum absolute atomic E-state index is 12.0. The van der Waals surface area contributed by atoms with Crippen LogP contribution in [-0.2, 0) is 6.42 Å². The molecule has 0 aliphatic heterocycles. The number of carbonyl (C=O) groups is 1. The number of hydrogen-bond donors (Lipinski definition) is 1. The van der Waals surface area contributed by atoms with Gasteiger partial charge >= 0.3 is 6.09 Å². The highest BCUT2D eigenvalue weighted by atomic mass is 35.5. The molecule has 21 heavy (non-hydrogen) atoms. The number of anilines is 1. The van der Waals surface area contributed by atoms with Crippen molar-refractivity contribution in [2.24, 2.45) is 0 Å². The zero-order chi connectivity index (χ0) is 15.4. The van der Waals surface area contributed by atoms with E-state index in [1.807, 2.05) is 32.0 Å². The lowest BCUT2D eigenvalue weighted by molar-refractivity contribution is 0.215. The van der Waals surface area contributed by atoms with Gasteiger partial charge in [-0.3, -0.25) is 5.32 Å². The average molecular weight is 304 g/mol. The highest BCUT2D eigenvalue weighted by Gasteiger charge is 2.08. The third-order valence-corrected chi connectivity index (χ3v) is 3.40. The number of halogens is 1. The highest BCUT2D eigenvalue weighted by Crippen LogP contribution is 2.22. The number of hydrogen-bond acceptors (Lipinski definition) is 2. The van der Waals surface area contributed by atoms with Crippen LogP contribution >= 0.6 is 11.6 Å². The summed E-state index contributed by atoms with van der Waals surface area (Å²) >= 11 is 5.93. The first kappa shape index (κ1) is 15.4. The Kier molecular flexibility index (Phi) is 4.86. The molecule has 0 radical (unpaired) electrons. The third-order valence-electron chi connectivity index (χ3n) is 3.17. The van der Waals surface area contributed by atoms with E-state index in [-0.39, 0.29) is 0 Å². The van der Waals surface area contributed by atoms with Gasteiger partial charge in [0.25, 0.3) is 0 Å². The van der Waals surface area contributed by atoms with Crippen LogP contribution < -0.4 is 10.1 Å². The second-order valence-electron chi connectivity index (χ2n) is 4.98. The summed E-state index contributed by atoms with van der Waals surface area (Å²) in [7, 11) is 0. The van der Waals surface area contributed by atoms with E-state index in [9.17, 15) is 4.79 Å². The third kappa shape index (κ3) is 4.23. The van der Waals surface area contributed by atoms with E-state index in [0.29, 0.717) is 16.5 Å². The Bertz CT molecular complexity index is 668. The first-order valence-corrected chi connectivity index (χ1v) is 7.21. The minimum absolute atomic E-state index is 0.520. The van der Waals surface area contributed by atoms with Crippen molar-refractivity contribution in [3.05, 3.63) is 58.1 Å². The molecule has 4 heteroatoms. The predicted octanol–water partition coefficient (Wildman–Crippen LogP) is 5.13. The van der Waals surface area contributed by atoms with Crippen molar-refractivity contribution < 1.29 is 9.53 Å². The Morgan fingerprint density at radius 3 is 2.67 bits per heavy atom. The van der Waals surface area contributed by atoms with E-state index in [0.717, 1.165) is 23.1 Å². The lowest BCUT2D eigenvalue weighted by Crippen LogP contribution is -2.17. The molecule has 0 atom stereocenters. The summed E-state index contributed by atoms with van der Waals surface area (Å²) in [6.45, 7) is 5.94. The molecule has 0 bridgehead atoms. The number of carbonyl (C=O) groups excluding carboxylic acids is 1. The van der Waals surface area contributed by atoms with Crippen LogP contribution in [0.5, 0.6) is 5.75 Å². The SMILES string of the molecule is CCc1cc(C)cc(OC(=O)Nc2cc(Cl)ccc2C)c1. The van der Waals surface area contributed by atoms with Crippen molar-refractivity contribution in [1.82, 2.24) is 0 Å². The lowest BCUT2D eigenvalue weighted by atomic mass is 10.1. The van der Waals surface area contributed by atoms with Crippen LogP contribution in [0, 0.1) is 13.8 Å². The van der Waals surface area contributed by atoms with Crippen molar-refractivity contribution in [2.45, 2.75) is 27.2 Å². The fourth-order valence-corrected chi connectivity index (χ4v) is 2.23. The van der Waals surface area contributed by atoms with Crippen LogP contribution in [0.3, 0.4) is 0 Å². The number of amides is 1. The zero-order valence-corrected chi connectivity index (χ0v) is 13.1. The van der Waals surface area contributed by atoms with Crippen LogP contribution in [0.2, 0.25) is 5.02 Å². The van der Waals surface area contributed by atoms with Crippen molar-refractivity contribution in [3.8, 4) is 5.75 Å². The van der Waals surface area contributed by atoms with Gasteiger partial charge in [0.15, 0.2) is 0 Å². The Balaban J connectivity index is 2.11. The van der Waals surface area contributed by atoms with Crippen molar-refractivity contribution >= 4 is 23.4 Å². The molecular weight excluding hydrogens is 286 g/mol. The molecule has 3 nitrogen and oxygen atoms in total. The van der Waals surface area contributed by atoms with Gasteiger partial charge in [-0.15, -0.1) is 0 Å². The van der Waals surface area contributed by atoms with Gasteiger partial charge in [0.1, 0.15) is 5.75 Å². The molecule has 0 fully saturated rings. The number of ether oxygens (including phenoxy) is 1. The maximum atomic E-state index is 12.0. The monoisotopic (exact) mass is 303 g/mol. The Labute approximate surface area is 129 Å². The number of benzene rings is 2. The average Bonchev–Trinajstić information content (AvgIpc) is 2.42. The van der Waals surface area contributed by atoms with E-state index >= 15 is 0 Å². The van der Waals surface area contributed by atoms with Gasteiger partial charge in [-0.2, -0.15) is 0 Å². The Hall–Kier alpha value is -2.00. The summed E-state index contributed by atoms with van der Waals surface area (Å²) in [6.07, 6.45) is 0.376. The summed E-state index contributed by atoms with van der Waals surface area (Å²) in [6, 6.07) is 11.1. The molecule has 0 aliphatic carbocycles. The van der Waals surface area contributed by atoms with E-state index in [4.69, 9.17) is 16.3 Å². The molecule has 2 rings (SSSR count). The van der Waals surface area contributed by atoms with Crippen LogP contribution in [-0.4, -0.2) is 6.09 Å². The molecule has 2 aromatic carbocycles. The number of aryl methyl sites for hydroxylation is 3. The molecule has 2 aromatic rings. The molecule has 0 heterocycles. The molecule has 0 spiro atoms. The second-order valence-corrected chi connectivity index (χ2v) is 5.42. The first-order chi connectivity index (χ1) is 9.97. The van der Waals surface area contributed by atoms with Crippen LogP contribution in [0.1, 0.15) is 23.6 Å².